The average molecular weight is 809 g/mol. The van der Waals surface area contributed by atoms with Crippen molar-refractivity contribution in [2.75, 3.05) is 31.5 Å². The molecule has 15 nitrogen and oxygen atoms in total. The Morgan fingerprint density at radius 3 is 2.29 bits per heavy atom. The van der Waals surface area contributed by atoms with Gasteiger partial charge in [-0.05, 0) is 75.8 Å². The van der Waals surface area contributed by atoms with Crippen LogP contribution < -0.4 is 27.0 Å². The normalized spacial score (nSPS) is 14.7. The van der Waals surface area contributed by atoms with Gasteiger partial charge in [0.05, 0.1) is 0 Å². The number of aryl methyl sites for hydroxylation is 1. The Morgan fingerprint density at radius 1 is 0.847 bits per heavy atom. The molecular formula is C44H56N8O7. The molecule has 7 amide bonds. The minimum atomic E-state index is -1.12. The van der Waals surface area contributed by atoms with Crippen LogP contribution in [-0.4, -0.2) is 100 Å². The number of aromatic nitrogens is 1. The number of nitrogens with zero attached hydrogens (tertiary/aromatic N) is 2. The maximum absolute atomic E-state index is 14.4. The van der Waals surface area contributed by atoms with Crippen LogP contribution in [0, 0.1) is 6.92 Å². The van der Waals surface area contributed by atoms with Crippen molar-refractivity contribution < 1.29 is 33.5 Å². The fraction of sp³-hybridized carbons (Fsp3) is 0.409. The Balaban J connectivity index is 1.32. The third-order valence-electron chi connectivity index (χ3n) is 10.1. The number of hydrogen-bond donors (Lipinski definition) is 6. The maximum atomic E-state index is 14.4. The molecule has 4 aromatic rings. The number of amides is 7. The first kappa shape index (κ1) is 43.7. The highest BCUT2D eigenvalue weighted by Crippen LogP contribution is 2.21. The summed E-state index contributed by atoms with van der Waals surface area (Å²) in [5, 5.41) is 12.2. The number of unbranched alkanes of at least 4 members (excludes halogenated alkanes) is 1. The third kappa shape index (κ3) is 12.8. The van der Waals surface area contributed by atoms with Crippen molar-refractivity contribution in [1.82, 2.24) is 30.7 Å². The van der Waals surface area contributed by atoms with Crippen molar-refractivity contribution in [3.05, 3.63) is 102 Å². The van der Waals surface area contributed by atoms with E-state index in [9.17, 15) is 28.8 Å². The Bertz CT molecular complexity index is 2100. The number of nitrogens with two attached hydrogens (primary N) is 1. The van der Waals surface area contributed by atoms with Crippen molar-refractivity contribution >= 4 is 52.3 Å². The lowest BCUT2D eigenvalue weighted by atomic mass is 10.0. The lowest BCUT2D eigenvalue weighted by Gasteiger charge is -2.30. The molecule has 0 aliphatic carbocycles. The molecule has 2 unspecified atom stereocenters. The number of rotatable bonds is 16. The van der Waals surface area contributed by atoms with Crippen molar-refractivity contribution in [1.29, 1.82) is 0 Å². The molecule has 314 valence electrons. The van der Waals surface area contributed by atoms with E-state index in [4.69, 9.17) is 10.5 Å². The van der Waals surface area contributed by atoms with Gasteiger partial charge in [0.25, 0.3) is 0 Å². The number of aromatic amines is 1. The number of fused-ring (bicyclic) bond motifs is 1. The highest BCUT2D eigenvalue weighted by molar-refractivity contribution is 5.93. The Morgan fingerprint density at radius 2 is 1.56 bits per heavy atom. The first-order valence-corrected chi connectivity index (χ1v) is 20.1. The number of carbonyl (C=O) groups excluding carboxylic acids is 6. The van der Waals surface area contributed by atoms with Crippen LogP contribution in [0.15, 0.2) is 85.1 Å². The number of nitrogens with one attached hydrogen (secondary N) is 5. The summed E-state index contributed by atoms with van der Waals surface area (Å²) in [4.78, 5) is 86.6. The predicted octanol–water partition coefficient (Wildman–Crippen LogP) is 4.55. The second-order valence-electron chi connectivity index (χ2n) is 15.8. The van der Waals surface area contributed by atoms with Gasteiger partial charge in [0.2, 0.25) is 23.6 Å². The highest BCUT2D eigenvalue weighted by atomic mass is 16.6. The van der Waals surface area contributed by atoms with E-state index in [0.717, 1.165) is 27.6 Å². The van der Waals surface area contributed by atoms with E-state index >= 15 is 0 Å². The summed E-state index contributed by atoms with van der Waals surface area (Å²) >= 11 is 0. The van der Waals surface area contributed by atoms with Gasteiger partial charge in [-0.15, -0.1) is 0 Å². The van der Waals surface area contributed by atoms with Crippen molar-refractivity contribution in [2.24, 2.45) is 5.73 Å². The fourth-order valence-corrected chi connectivity index (χ4v) is 7.08. The summed E-state index contributed by atoms with van der Waals surface area (Å²) in [6.07, 6.45) is 2.39. The monoisotopic (exact) mass is 808 g/mol. The van der Waals surface area contributed by atoms with Gasteiger partial charge < -0.3 is 46.5 Å². The Labute approximate surface area is 344 Å². The predicted molar refractivity (Wildman–Crippen MR) is 225 cm³/mol. The van der Waals surface area contributed by atoms with Crippen molar-refractivity contribution in [3.63, 3.8) is 0 Å². The number of benzene rings is 3. The zero-order valence-corrected chi connectivity index (χ0v) is 34.2. The summed E-state index contributed by atoms with van der Waals surface area (Å²) in [7, 11) is 0. The number of urea groups is 1. The first-order chi connectivity index (χ1) is 28.2. The molecule has 3 atom stereocenters. The molecule has 15 heteroatoms. The fourth-order valence-electron chi connectivity index (χ4n) is 7.08. The van der Waals surface area contributed by atoms with E-state index in [0.29, 0.717) is 25.1 Å². The number of carbonyl (C=O) groups is 6. The van der Waals surface area contributed by atoms with E-state index in [-0.39, 0.29) is 57.3 Å². The summed E-state index contributed by atoms with van der Waals surface area (Å²) in [5.41, 5.74) is 9.07. The van der Waals surface area contributed by atoms with Gasteiger partial charge in [0, 0.05) is 68.2 Å². The molecule has 1 aliphatic heterocycles. The van der Waals surface area contributed by atoms with Gasteiger partial charge in [-0.2, -0.15) is 0 Å². The van der Waals surface area contributed by atoms with Gasteiger partial charge in [-0.3, -0.25) is 19.2 Å². The average Bonchev–Trinajstić information content (AvgIpc) is 3.50. The second kappa shape index (κ2) is 20.4. The summed E-state index contributed by atoms with van der Waals surface area (Å²) < 4.78 is 5.51. The van der Waals surface area contributed by atoms with Gasteiger partial charge in [-0.25, -0.2) is 9.59 Å². The topological polar surface area (TPSA) is 208 Å². The largest absolute Gasteiger partial charge is 0.444 e. The number of alkyl carbamates (subject to hydrolysis) is 1. The minimum Gasteiger partial charge on any atom is -0.444 e. The van der Waals surface area contributed by atoms with Gasteiger partial charge in [-0.1, -0.05) is 66.7 Å². The van der Waals surface area contributed by atoms with Crippen LogP contribution in [0.3, 0.4) is 0 Å². The van der Waals surface area contributed by atoms with Crippen LogP contribution >= 0.6 is 0 Å². The number of para-hydroxylation sites is 2. The van der Waals surface area contributed by atoms with E-state index in [1.165, 1.54) is 9.80 Å². The van der Waals surface area contributed by atoms with Crippen molar-refractivity contribution in [2.45, 2.75) is 89.9 Å². The number of primary amides is 1. The minimum absolute atomic E-state index is 0.0473. The zero-order chi connectivity index (χ0) is 42.5. The van der Waals surface area contributed by atoms with E-state index < -0.39 is 47.5 Å². The van der Waals surface area contributed by atoms with Gasteiger partial charge in [0.1, 0.15) is 23.7 Å². The zero-order valence-electron chi connectivity index (χ0n) is 34.2. The Hall–Kier alpha value is -6.38. The molecule has 7 N–H and O–H groups in total. The summed E-state index contributed by atoms with van der Waals surface area (Å²) in [5.74, 6) is -1.97. The summed E-state index contributed by atoms with van der Waals surface area (Å²) in [6, 6.07) is 20.8. The Kier molecular flexibility index (Phi) is 15.1. The van der Waals surface area contributed by atoms with E-state index in [1.54, 1.807) is 27.0 Å². The number of H-pyrrole nitrogens is 1. The number of hydrogen-bond acceptors (Lipinski definition) is 7. The molecule has 1 fully saturated rings. The molecule has 1 saturated heterocycles. The van der Waals surface area contributed by atoms with Crippen LogP contribution in [0.1, 0.15) is 63.1 Å². The molecule has 1 aromatic heterocycles. The second-order valence-corrected chi connectivity index (χ2v) is 15.8. The highest BCUT2D eigenvalue weighted by Gasteiger charge is 2.35. The standard InChI is InChI=1S/C44H56N8O7/c1-29-14-8-10-18-33(29)49-42(57)46-22-13-12-20-35(41(56)51-23-21-38(53)52(25-24-51)37(39(45)54)26-30-15-6-5-7-16-30)48-40(55)36(50-43(58)59-44(2,3)4)27-31-28-47-34-19-11-9-17-32(31)34/h5-11,14-19,28,35-37,47H,12-13,20-27H2,1-4H3,(H2,45,54)(H,48,55)(H,50,58)(H2,46,49,57)/t35-,36?,37?/m0/s1. The third-order valence-corrected chi connectivity index (χ3v) is 10.1. The molecule has 0 spiro atoms. The van der Waals surface area contributed by atoms with Crippen LogP contribution in [0.25, 0.3) is 10.9 Å². The molecule has 3 aromatic carbocycles. The maximum Gasteiger partial charge on any atom is 0.408 e. The van der Waals surface area contributed by atoms with Gasteiger partial charge >= 0.3 is 12.1 Å². The van der Waals surface area contributed by atoms with Gasteiger partial charge in [0.15, 0.2) is 0 Å². The SMILES string of the molecule is Cc1ccccc1NC(=O)NCCCC[C@H](NC(=O)C(Cc1c[nH]c2ccccc12)NC(=O)OC(C)(C)C)C(=O)N1CCC(=O)N(C(Cc2ccccc2)C(N)=O)CC1. The number of anilines is 1. The molecular weight excluding hydrogens is 753 g/mol. The molecule has 59 heavy (non-hydrogen) atoms. The molecule has 1 aliphatic rings. The van der Waals surface area contributed by atoms with Crippen molar-refractivity contribution in [3.8, 4) is 0 Å². The summed E-state index contributed by atoms with van der Waals surface area (Å²) in [6.45, 7) is 7.59. The molecule has 2 heterocycles. The lowest BCUT2D eigenvalue weighted by molar-refractivity contribution is -0.138. The molecule has 0 saturated carbocycles. The lowest BCUT2D eigenvalue weighted by Crippen LogP contribution is -2.56. The smallest absolute Gasteiger partial charge is 0.408 e. The van der Waals surface area contributed by atoms with Crippen LogP contribution in [-0.2, 0) is 36.8 Å². The quantitative estimate of drug-likeness (QED) is 0.0890. The molecule has 5 rings (SSSR count). The van der Waals surface area contributed by atoms with E-state index in [1.807, 2.05) is 85.8 Å². The van der Waals surface area contributed by atoms with Crippen LogP contribution in [0.5, 0.6) is 0 Å². The van der Waals surface area contributed by atoms with Crippen LogP contribution in [0.4, 0.5) is 15.3 Å². The number of ether oxygens (including phenoxy) is 1. The molecule has 0 radical (unpaired) electrons. The molecule has 0 bridgehead atoms. The first-order valence-electron chi connectivity index (χ1n) is 20.1. The van der Waals surface area contributed by atoms with Crippen LogP contribution in [0.2, 0.25) is 0 Å². The van der Waals surface area contributed by atoms with E-state index in [2.05, 4.69) is 26.3 Å².